The summed E-state index contributed by atoms with van der Waals surface area (Å²) >= 11 is 7.16. The fourth-order valence-corrected chi connectivity index (χ4v) is 2.24. The molecule has 0 aliphatic carbocycles. The van der Waals surface area contributed by atoms with E-state index in [1.54, 1.807) is 17.4 Å². The van der Waals surface area contributed by atoms with Gasteiger partial charge in [-0.3, -0.25) is 10.2 Å². The number of amides is 1. The SMILES string of the molecule is C=C/C=C(\C=C\Cl)NC(=O)O/N=C(\C)CCc1cccs1. The van der Waals surface area contributed by atoms with Crippen LogP contribution < -0.4 is 5.32 Å². The highest BCUT2D eigenvalue weighted by Crippen LogP contribution is 2.11. The van der Waals surface area contributed by atoms with Gasteiger partial charge in [-0.05, 0) is 43.4 Å². The minimum Gasteiger partial charge on any atom is -0.298 e. The van der Waals surface area contributed by atoms with Crippen molar-refractivity contribution in [2.45, 2.75) is 19.8 Å². The Bertz CT molecular complexity index is 548. The average Bonchev–Trinajstić information content (AvgIpc) is 2.97. The van der Waals surface area contributed by atoms with Gasteiger partial charge in [-0.1, -0.05) is 35.5 Å². The summed E-state index contributed by atoms with van der Waals surface area (Å²) in [6, 6.07) is 4.07. The molecule has 4 nitrogen and oxygen atoms in total. The van der Waals surface area contributed by atoms with E-state index in [1.165, 1.54) is 22.6 Å². The first-order chi connectivity index (χ1) is 10.2. The lowest BCUT2D eigenvalue weighted by molar-refractivity contribution is 0.153. The van der Waals surface area contributed by atoms with Crippen LogP contribution in [0.25, 0.3) is 0 Å². The standard InChI is InChI=1S/C15H17ClN2O2S/c1-3-5-13(9-10-16)17-15(19)20-18-12(2)7-8-14-6-4-11-21-14/h3-6,9-11H,1,7-8H2,2H3,(H,17,19)/b10-9+,13-5+,18-12+. The third kappa shape index (κ3) is 7.48. The Morgan fingerprint density at radius 1 is 1.62 bits per heavy atom. The summed E-state index contributed by atoms with van der Waals surface area (Å²) in [6.07, 6.45) is 5.58. The van der Waals surface area contributed by atoms with E-state index in [0.717, 1.165) is 18.6 Å². The van der Waals surface area contributed by atoms with E-state index in [2.05, 4.69) is 23.1 Å². The minimum atomic E-state index is -0.673. The third-order valence-electron chi connectivity index (χ3n) is 2.38. The van der Waals surface area contributed by atoms with E-state index in [-0.39, 0.29) is 0 Å². The number of thiophene rings is 1. The number of carbonyl (C=O) groups excluding carboxylic acids is 1. The third-order valence-corrected chi connectivity index (χ3v) is 3.45. The van der Waals surface area contributed by atoms with Crippen LogP contribution in [0.1, 0.15) is 18.2 Å². The zero-order valence-corrected chi connectivity index (χ0v) is 13.3. The van der Waals surface area contributed by atoms with Crippen molar-refractivity contribution in [3.63, 3.8) is 0 Å². The van der Waals surface area contributed by atoms with Crippen LogP contribution in [0.4, 0.5) is 4.79 Å². The van der Waals surface area contributed by atoms with E-state index in [9.17, 15) is 4.79 Å². The predicted octanol–water partition coefficient (Wildman–Crippen LogP) is 4.61. The Balaban J connectivity index is 2.41. The molecule has 21 heavy (non-hydrogen) atoms. The number of hydrogen-bond donors (Lipinski definition) is 1. The number of halogens is 1. The van der Waals surface area contributed by atoms with Crippen molar-refractivity contribution in [3.8, 4) is 0 Å². The number of hydrogen-bond acceptors (Lipinski definition) is 4. The highest BCUT2D eigenvalue weighted by molar-refractivity contribution is 7.09. The normalized spacial score (nSPS) is 12.5. The van der Waals surface area contributed by atoms with Gasteiger partial charge >= 0.3 is 6.09 Å². The van der Waals surface area contributed by atoms with E-state index in [1.807, 2.05) is 18.4 Å². The van der Waals surface area contributed by atoms with Crippen molar-refractivity contribution in [2.75, 3.05) is 0 Å². The van der Waals surface area contributed by atoms with Crippen molar-refractivity contribution in [1.29, 1.82) is 0 Å². The predicted molar refractivity (Wildman–Crippen MR) is 88.6 cm³/mol. The zero-order valence-electron chi connectivity index (χ0n) is 11.7. The second kappa shape index (κ2) is 9.96. The zero-order chi connectivity index (χ0) is 15.5. The molecule has 1 aromatic rings. The van der Waals surface area contributed by atoms with Crippen LogP contribution in [-0.4, -0.2) is 11.8 Å². The van der Waals surface area contributed by atoms with Crippen LogP contribution in [0.5, 0.6) is 0 Å². The number of aryl methyl sites for hydroxylation is 1. The van der Waals surface area contributed by atoms with Gasteiger partial charge in [0, 0.05) is 16.1 Å². The first kappa shape index (κ1) is 17.2. The Morgan fingerprint density at radius 2 is 2.43 bits per heavy atom. The molecule has 1 rings (SSSR count). The molecule has 1 heterocycles. The highest BCUT2D eigenvalue weighted by atomic mass is 35.5. The van der Waals surface area contributed by atoms with Gasteiger partial charge in [0.25, 0.3) is 0 Å². The van der Waals surface area contributed by atoms with Gasteiger partial charge in [-0.15, -0.1) is 11.3 Å². The van der Waals surface area contributed by atoms with E-state index in [4.69, 9.17) is 16.4 Å². The van der Waals surface area contributed by atoms with Gasteiger partial charge in [-0.2, -0.15) is 0 Å². The molecule has 0 bridgehead atoms. The molecule has 0 aliphatic rings. The monoisotopic (exact) mass is 324 g/mol. The van der Waals surface area contributed by atoms with E-state index >= 15 is 0 Å². The molecular weight excluding hydrogens is 308 g/mol. The van der Waals surface area contributed by atoms with Gasteiger partial charge < -0.3 is 0 Å². The van der Waals surface area contributed by atoms with Crippen LogP contribution in [0.3, 0.4) is 0 Å². The lowest BCUT2D eigenvalue weighted by Gasteiger charge is -2.03. The average molecular weight is 325 g/mol. The maximum Gasteiger partial charge on any atom is 0.437 e. The molecule has 0 radical (unpaired) electrons. The number of nitrogens with zero attached hydrogens (tertiary/aromatic N) is 1. The molecule has 0 aliphatic heterocycles. The fourth-order valence-electron chi connectivity index (χ4n) is 1.40. The second-order valence-corrected chi connectivity index (χ2v) is 5.34. The van der Waals surface area contributed by atoms with Crippen molar-refractivity contribution < 1.29 is 9.63 Å². The minimum absolute atomic E-state index is 0.469. The van der Waals surface area contributed by atoms with Gasteiger partial charge in [0.1, 0.15) is 0 Å². The summed E-state index contributed by atoms with van der Waals surface area (Å²) < 4.78 is 0. The Hall–Kier alpha value is -1.85. The van der Waals surface area contributed by atoms with Crippen molar-refractivity contribution >= 4 is 34.7 Å². The number of allylic oxidation sites excluding steroid dienone is 3. The summed E-state index contributed by atoms with van der Waals surface area (Å²) in [5.41, 5.74) is 2.50. The molecule has 0 saturated heterocycles. The summed E-state index contributed by atoms with van der Waals surface area (Å²) in [5, 5.41) is 8.32. The number of nitrogens with one attached hydrogen (secondary N) is 1. The number of carbonyl (C=O) groups is 1. The quantitative estimate of drug-likeness (QED) is 0.345. The lowest BCUT2D eigenvalue weighted by Crippen LogP contribution is -2.21. The van der Waals surface area contributed by atoms with Crippen molar-refractivity contribution in [2.24, 2.45) is 5.16 Å². The molecule has 0 saturated carbocycles. The summed E-state index contributed by atoms with van der Waals surface area (Å²) in [6.45, 7) is 5.36. The summed E-state index contributed by atoms with van der Waals surface area (Å²) in [4.78, 5) is 17.6. The molecule has 1 amide bonds. The van der Waals surface area contributed by atoms with Gasteiger partial charge in [0.05, 0.1) is 5.71 Å². The fraction of sp³-hybridized carbons (Fsp3) is 0.200. The Kier molecular flexibility index (Phi) is 8.16. The molecular formula is C15H17ClN2O2S. The maximum absolute atomic E-state index is 11.6. The van der Waals surface area contributed by atoms with Gasteiger partial charge in [0.15, 0.2) is 0 Å². The van der Waals surface area contributed by atoms with E-state index < -0.39 is 6.09 Å². The largest absolute Gasteiger partial charge is 0.437 e. The molecule has 6 heteroatoms. The number of oxime groups is 1. The molecule has 0 fully saturated rings. The van der Waals surface area contributed by atoms with Crippen molar-refractivity contribution in [3.05, 3.63) is 58.4 Å². The highest BCUT2D eigenvalue weighted by Gasteiger charge is 2.04. The Morgan fingerprint density at radius 3 is 3.05 bits per heavy atom. The van der Waals surface area contributed by atoms with Crippen molar-refractivity contribution in [1.82, 2.24) is 5.32 Å². The maximum atomic E-state index is 11.6. The lowest BCUT2D eigenvalue weighted by atomic mass is 10.2. The molecule has 0 atom stereocenters. The smallest absolute Gasteiger partial charge is 0.298 e. The van der Waals surface area contributed by atoms with Crippen LogP contribution >= 0.6 is 22.9 Å². The van der Waals surface area contributed by atoms with E-state index in [0.29, 0.717) is 5.70 Å². The topological polar surface area (TPSA) is 50.7 Å². The number of rotatable bonds is 7. The second-order valence-electron chi connectivity index (χ2n) is 4.06. The molecule has 0 unspecified atom stereocenters. The van der Waals surface area contributed by atoms with Crippen LogP contribution in [0.2, 0.25) is 0 Å². The summed E-state index contributed by atoms with van der Waals surface area (Å²) in [7, 11) is 0. The Labute approximate surface area is 133 Å². The molecule has 112 valence electrons. The molecule has 0 spiro atoms. The van der Waals surface area contributed by atoms with Crippen LogP contribution in [0.15, 0.2) is 58.7 Å². The first-order valence-electron chi connectivity index (χ1n) is 6.29. The summed E-state index contributed by atoms with van der Waals surface area (Å²) in [5.74, 6) is 0. The first-order valence-corrected chi connectivity index (χ1v) is 7.60. The molecule has 0 aromatic carbocycles. The van der Waals surface area contributed by atoms with Gasteiger partial charge in [0.2, 0.25) is 0 Å². The van der Waals surface area contributed by atoms with Crippen LogP contribution in [0, 0.1) is 0 Å². The molecule has 1 N–H and O–H groups in total. The van der Waals surface area contributed by atoms with Crippen LogP contribution in [-0.2, 0) is 11.3 Å². The van der Waals surface area contributed by atoms with Gasteiger partial charge in [-0.25, -0.2) is 4.79 Å². The molecule has 1 aromatic heterocycles.